The van der Waals surface area contributed by atoms with Gasteiger partial charge in [-0.2, -0.15) is 0 Å². The maximum Gasteiger partial charge on any atom is 0.244 e. The molecule has 2 aliphatic rings. The molecule has 1 atom stereocenters. The van der Waals surface area contributed by atoms with Crippen LogP contribution in [0.4, 0.5) is 5.69 Å². The summed E-state index contributed by atoms with van der Waals surface area (Å²) in [7, 11) is 0. The van der Waals surface area contributed by atoms with Crippen LogP contribution in [-0.4, -0.2) is 31.1 Å². The number of amides is 1. The molecule has 1 aromatic rings. The molecule has 1 aliphatic carbocycles. The minimum atomic E-state index is 0.0125. The maximum absolute atomic E-state index is 12.4. The van der Waals surface area contributed by atoms with Crippen molar-refractivity contribution in [2.24, 2.45) is 0 Å². The highest BCUT2D eigenvalue weighted by Crippen LogP contribution is 2.27. The van der Waals surface area contributed by atoms with E-state index in [1.54, 1.807) is 0 Å². The van der Waals surface area contributed by atoms with Crippen LogP contribution in [0, 0.1) is 0 Å². The maximum atomic E-state index is 12.4. The van der Waals surface area contributed by atoms with Gasteiger partial charge in [0.25, 0.3) is 0 Å². The Bertz CT molecular complexity index is 468. The molecule has 3 rings (SSSR count). The molecule has 20 heavy (non-hydrogen) atoms. The minimum absolute atomic E-state index is 0.0125. The van der Waals surface area contributed by atoms with Crippen LogP contribution in [0.2, 0.25) is 0 Å². The Balaban J connectivity index is 1.62. The van der Waals surface area contributed by atoms with Gasteiger partial charge in [0.1, 0.15) is 5.75 Å². The van der Waals surface area contributed by atoms with E-state index in [0.29, 0.717) is 6.04 Å². The predicted octanol–water partition coefficient (Wildman–Crippen LogP) is 2.33. The summed E-state index contributed by atoms with van der Waals surface area (Å²) in [5.74, 6) is 1.08. The number of ether oxygens (including phenoxy) is 1. The number of rotatable bonds is 6. The molecule has 1 aromatic carbocycles. The molecule has 0 bridgehead atoms. The summed E-state index contributed by atoms with van der Waals surface area (Å²) in [6.07, 6.45) is 4.34. The zero-order valence-electron chi connectivity index (χ0n) is 12.0. The lowest BCUT2D eigenvalue weighted by Crippen LogP contribution is -2.39. The molecule has 1 saturated heterocycles. The monoisotopic (exact) mass is 274 g/mol. The lowest BCUT2D eigenvalue weighted by molar-refractivity contribution is -0.118. The molecular weight excluding hydrogens is 252 g/mol. The number of carbonyl (C=O) groups excluding carboxylic acids is 1. The van der Waals surface area contributed by atoms with E-state index in [4.69, 9.17) is 4.74 Å². The van der Waals surface area contributed by atoms with E-state index >= 15 is 0 Å². The summed E-state index contributed by atoms with van der Waals surface area (Å²) in [4.78, 5) is 14.2. The third-order valence-corrected chi connectivity index (χ3v) is 3.84. The number of hydrogen-bond acceptors (Lipinski definition) is 3. The van der Waals surface area contributed by atoms with E-state index in [1.165, 1.54) is 12.8 Å². The van der Waals surface area contributed by atoms with Gasteiger partial charge in [0.2, 0.25) is 5.91 Å². The normalized spacial score (nSPS) is 22.4. The molecule has 4 heteroatoms. The lowest BCUT2D eigenvalue weighted by Gasteiger charge is -2.17. The molecule has 1 aliphatic heterocycles. The molecule has 1 N–H and O–H groups in total. The van der Waals surface area contributed by atoms with Crippen LogP contribution in [0.3, 0.4) is 0 Å². The highest BCUT2D eigenvalue weighted by molar-refractivity contribution is 5.99. The van der Waals surface area contributed by atoms with Crippen molar-refractivity contribution >= 4 is 11.6 Å². The van der Waals surface area contributed by atoms with E-state index < -0.39 is 0 Å². The molecule has 108 valence electrons. The fourth-order valence-corrected chi connectivity index (χ4v) is 2.57. The molecule has 0 radical (unpaired) electrons. The smallest absolute Gasteiger partial charge is 0.244 e. The zero-order chi connectivity index (χ0) is 13.9. The van der Waals surface area contributed by atoms with Crippen LogP contribution in [0.5, 0.6) is 5.75 Å². The van der Waals surface area contributed by atoms with E-state index in [0.717, 1.165) is 37.4 Å². The van der Waals surface area contributed by atoms with Gasteiger partial charge in [-0.1, -0.05) is 6.92 Å². The summed E-state index contributed by atoms with van der Waals surface area (Å²) in [6, 6.07) is 8.43. The second-order valence-electron chi connectivity index (χ2n) is 5.61. The van der Waals surface area contributed by atoms with Crippen LogP contribution >= 0.6 is 0 Å². The van der Waals surface area contributed by atoms with Gasteiger partial charge in [-0.3, -0.25) is 4.79 Å². The molecule has 0 spiro atoms. The third kappa shape index (κ3) is 2.96. The Morgan fingerprint density at radius 1 is 1.25 bits per heavy atom. The number of hydrogen-bond donors (Lipinski definition) is 1. The van der Waals surface area contributed by atoms with Crippen LogP contribution < -0.4 is 15.0 Å². The fourth-order valence-electron chi connectivity index (χ4n) is 2.57. The molecule has 4 nitrogen and oxygen atoms in total. The number of anilines is 1. The van der Waals surface area contributed by atoms with Gasteiger partial charge < -0.3 is 15.0 Å². The molecule has 1 heterocycles. The molecule has 1 amide bonds. The van der Waals surface area contributed by atoms with Crippen LogP contribution in [0.1, 0.15) is 32.6 Å². The Morgan fingerprint density at radius 3 is 2.65 bits per heavy atom. The van der Waals surface area contributed by atoms with Crippen LogP contribution in [0.15, 0.2) is 24.3 Å². The van der Waals surface area contributed by atoms with Crippen molar-refractivity contribution < 1.29 is 9.53 Å². The first-order valence-corrected chi connectivity index (χ1v) is 7.58. The number of benzene rings is 1. The van der Waals surface area contributed by atoms with Crippen molar-refractivity contribution in [3.05, 3.63) is 24.3 Å². The zero-order valence-corrected chi connectivity index (χ0v) is 12.0. The number of nitrogens with zero attached hydrogens (tertiary/aromatic N) is 1. The summed E-state index contributed by atoms with van der Waals surface area (Å²) in [5.41, 5.74) is 0.971. The van der Waals surface area contributed by atoms with E-state index in [1.807, 2.05) is 29.2 Å². The lowest BCUT2D eigenvalue weighted by atomic mass is 10.2. The van der Waals surface area contributed by atoms with Crippen molar-refractivity contribution in [2.45, 2.75) is 44.7 Å². The summed E-state index contributed by atoms with van der Waals surface area (Å²) >= 11 is 0. The summed E-state index contributed by atoms with van der Waals surface area (Å²) in [5, 5.41) is 3.43. The third-order valence-electron chi connectivity index (χ3n) is 3.84. The fraction of sp³-hybridized carbons (Fsp3) is 0.562. The van der Waals surface area contributed by atoms with E-state index in [-0.39, 0.29) is 11.9 Å². The van der Waals surface area contributed by atoms with Gasteiger partial charge in [0.05, 0.1) is 12.6 Å². The predicted molar refractivity (Wildman–Crippen MR) is 79.1 cm³/mol. The van der Waals surface area contributed by atoms with Gasteiger partial charge in [-0.05, 0) is 49.9 Å². The second kappa shape index (κ2) is 5.83. The van der Waals surface area contributed by atoms with E-state index in [9.17, 15) is 4.79 Å². The van der Waals surface area contributed by atoms with Gasteiger partial charge in [-0.15, -0.1) is 0 Å². The average Bonchev–Trinajstić information content (AvgIpc) is 3.22. The molecule has 0 aromatic heterocycles. The van der Waals surface area contributed by atoms with Crippen LogP contribution in [0.25, 0.3) is 0 Å². The molecule has 1 saturated carbocycles. The van der Waals surface area contributed by atoms with Gasteiger partial charge in [0, 0.05) is 18.3 Å². The Kier molecular flexibility index (Phi) is 3.92. The van der Waals surface area contributed by atoms with Crippen molar-refractivity contribution in [3.63, 3.8) is 0 Å². The minimum Gasteiger partial charge on any atom is -0.494 e. The highest BCUT2D eigenvalue weighted by atomic mass is 16.5. The topological polar surface area (TPSA) is 41.6 Å². The van der Waals surface area contributed by atoms with Crippen LogP contribution in [-0.2, 0) is 4.79 Å². The van der Waals surface area contributed by atoms with Crippen molar-refractivity contribution in [3.8, 4) is 5.75 Å². The largest absolute Gasteiger partial charge is 0.494 e. The summed E-state index contributed by atoms with van der Waals surface area (Å²) < 4.78 is 5.57. The molecular formula is C16H22N2O2. The van der Waals surface area contributed by atoms with Gasteiger partial charge in [-0.25, -0.2) is 0 Å². The second-order valence-corrected chi connectivity index (χ2v) is 5.61. The Morgan fingerprint density at radius 2 is 2.00 bits per heavy atom. The average molecular weight is 274 g/mol. The first-order chi connectivity index (χ1) is 9.78. The van der Waals surface area contributed by atoms with Crippen molar-refractivity contribution in [1.82, 2.24) is 5.32 Å². The quantitative estimate of drug-likeness (QED) is 0.865. The van der Waals surface area contributed by atoms with E-state index in [2.05, 4.69) is 12.2 Å². The Hall–Kier alpha value is -1.55. The van der Waals surface area contributed by atoms with Crippen molar-refractivity contribution in [1.29, 1.82) is 0 Å². The molecule has 2 fully saturated rings. The first kappa shape index (κ1) is 13.4. The number of carbonyl (C=O) groups is 1. The Labute approximate surface area is 120 Å². The van der Waals surface area contributed by atoms with Gasteiger partial charge in [0.15, 0.2) is 0 Å². The summed E-state index contributed by atoms with van der Waals surface area (Å²) in [6.45, 7) is 3.62. The SMILES string of the molecule is CCCOc1ccc(N2CCC(NC3CC3)C2=O)cc1. The standard InChI is InChI=1S/C16H22N2O2/c1-2-11-20-14-7-5-13(6-8-14)18-10-9-15(16(18)19)17-12-3-4-12/h5-8,12,15,17H,2-4,9-11H2,1H3. The van der Waals surface area contributed by atoms with Crippen molar-refractivity contribution in [2.75, 3.05) is 18.1 Å². The molecule has 1 unspecified atom stereocenters. The van der Waals surface area contributed by atoms with Gasteiger partial charge >= 0.3 is 0 Å². The highest BCUT2D eigenvalue weighted by Gasteiger charge is 2.36. The number of nitrogens with one attached hydrogen (secondary N) is 1. The first-order valence-electron chi connectivity index (χ1n) is 7.58.